The van der Waals surface area contributed by atoms with Crippen LogP contribution in [0.4, 0.5) is 0 Å². The molecule has 2 rings (SSSR count). The van der Waals surface area contributed by atoms with Gasteiger partial charge in [0.15, 0.2) is 0 Å². The average Bonchev–Trinajstić information content (AvgIpc) is 2.49. The molecule has 21 heavy (non-hydrogen) atoms. The molecule has 1 aliphatic heterocycles. The van der Waals surface area contributed by atoms with Gasteiger partial charge in [0.2, 0.25) is 0 Å². The molecule has 1 saturated heterocycles. The fourth-order valence-electron chi connectivity index (χ4n) is 2.89. The monoisotopic (exact) mass is 354 g/mol. The summed E-state index contributed by atoms with van der Waals surface area (Å²) < 4.78 is 6.52. The number of nitrogens with one attached hydrogen (secondary N) is 1. The first-order chi connectivity index (χ1) is 10.1. The number of benzene rings is 1. The van der Waals surface area contributed by atoms with E-state index in [9.17, 15) is 0 Å². The van der Waals surface area contributed by atoms with Crippen LogP contribution in [-0.2, 0) is 6.54 Å². The number of rotatable bonds is 6. The molecule has 3 nitrogen and oxygen atoms in total. The second kappa shape index (κ2) is 8.16. The third kappa shape index (κ3) is 4.97. The molecule has 1 fully saturated rings. The highest BCUT2D eigenvalue weighted by atomic mass is 79.9. The Morgan fingerprint density at radius 3 is 2.86 bits per heavy atom. The van der Waals surface area contributed by atoms with Crippen molar-refractivity contribution in [2.24, 2.45) is 5.92 Å². The fourth-order valence-corrected chi connectivity index (χ4v) is 3.26. The number of methoxy groups -OCH3 is 1. The Hall–Kier alpha value is -0.580. The van der Waals surface area contributed by atoms with Gasteiger partial charge in [0.25, 0.3) is 0 Å². The van der Waals surface area contributed by atoms with Crippen molar-refractivity contribution in [3.63, 3.8) is 0 Å². The van der Waals surface area contributed by atoms with Crippen molar-refractivity contribution in [1.29, 1.82) is 0 Å². The molecule has 0 aliphatic carbocycles. The molecule has 1 unspecified atom stereocenters. The highest BCUT2D eigenvalue weighted by Gasteiger charge is 2.19. The molecule has 1 aliphatic rings. The van der Waals surface area contributed by atoms with E-state index < -0.39 is 0 Å². The molecule has 1 aromatic carbocycles. The number of piperidine rings is 1. The Morgan fingerprint density at radius 2 is 2.24 bits per heavy atom. The van der Waals surface area contributed by atoms with Crippen LogP contribution in [0.1, 0.15) is 32.3 Å². The summed E-state index contributed by atoms with van der Waals surface area (Å²) in [6.07, 6.45) is 2.65. The van der Waals surface area contributed by atoms with Crippen molar-refractivity contribution in [2.45, 2.75) is 39.3 Å². The summed E-state index contributed by atoms with van der Waals surface area (Å²) in [6, 6.07) is 6.76. The largest absolute Gasteiger partial charge is 0.497 e. The first-order valence-electron chi connectivity index (χ1n) is 7.87. The lowest BCUT2D eigenvalue weighted by Gasteiger charge is -2.33. The lowest BCUT2D eigenvalue weighted by Crippen LogP contribution is -2.40. The van der Waals surface area contributed by atoms with Gasteiger partial charge in [-0.15, -0.1) is 0 Å². The minimum atomic E-state index is 0.546. The maximum Gasteiger partial charge on any atom is 0.119 e. The van der Waals surface area contributed by atoms with Crippen LogP contribution in [0.3, 0.4) is 0 Å². The number of ether oxygens (including phenoxy) is 1. The van der Waals surface area contributed by atoms with Gasteiger partial charge in [0.05, 0.1) is 7.11 Å². The van der Waals surface area contributed by atoms with Crippen molar-refractivity contribution < 1.29 is 4.74 Å². The van der Waals surface area contributed by atoms with E-state index in [0.29, 0.717) is 6.04 Å². The molecular formula is C17H27BrN2O. The summed E-state index contributed by atoms with van der Waals surface area (Å²) in [6.45, 7) is 9.02. The van der Waals surface area contributed by atoms with Crippen molar-refractivity contribution in [2.75, 3.05) is 26.7 Å². The maximum atomic E-state index is 5.35. The molecule has 1 heterocycles. The molecule has 0 saturated carbocycles. The van der Waals surface area contributed by atoms with Crippen molar-refractivity contribution in [3.8, 4) is 5.75 Å². The van der Waals surface area contributed by atoms with Gasteiger partial charge in [0.1, 0.15) is 5.75 Å². The van der Waals surface area contributed by atoms with E-state index in [-0.39, 0.29) is 0 Å². The number of hydrogen-bond acceptors (Lipinski definition) is 3. The first-order valence-corrected chi connectivity index (χ1v) is 8.66. The van der Waals surface area contributed by atoms with E-state index >= 15 is 0 Å². The van der Waals surface area contributed by atoms with E-state index in [0.717, 1.165) is 35.8 Å². The van der Waals surface area contributed by atoms with Gasteiger partial charge in [-0.2, -0.15) is 0 Å². The topological polar surface area (TPSA) is 24.5 Å². The zero-order chi connectivity index (χ0) is 15.2. The Labute approximate surface area is 137 Å². The van der Waals surface area contributed by atoms with Gasteiger partial charge in [-0.25, -0.2) is 0 Å². The molecule has 1 N–H and O–H groups in total. The highest BCUT2D eigenvalue weighted by Crippen LogP contribution is 2.25. The third-order valence-electron chi connectivity index (χ3n) is 4.25. The molecule has 0 aromatic heterocycles. The van der Waals surface area contributed by atoms with Crippen LogP contribution in [0.2, 0.25) is 0 Å². The zero-order valence-electron chi connectivity index (χ0n) is 13.4. The van der Waals surface area contributed by atoms with Crippen molar-refractivity contribution in [3.05, 3.63) is 28.2 Å². The zero-order valence-corrected chi connectivity index (χ0v) is 14.9. The van der Waals surface area contributed by atoms with E-state index in [1.54, 1.807) is 7.11 Å². The van der Waals surface area contributed by atoms with Crippen molar-refractivity contribution >= 4 is 15.9 Å². The normalized spacial score (nSPS) is 19.2. The van der Waals surface area contributed by atoms with Gasteiger partial charge in [-0.1, -0.05) is 15.9 Å². The maximum absolute atomic E-state index is 5.35. The standard InChI is InChI=1S/C17H27BrN2O/c1-13(2)20(11-14-5-4-8-19-10-14)12-15-9-16(21-3)6-7-17(15)18/h6-7,9,13-14,19H,4-5,8,10-12H2,1-3H3. The molecule has 118 valence electrons. The van der Waals surface area contributed by atoms with E-state index in [2.05, 4.69) is 52.1 Å². The molecule has 4 heteroatoms. The second-order valence-corrected chi connectivity index (χ2v) is 7.05. The summed E-state index contributed by atoms with van der Waals surface area (Å²) in [5, 5.41) is 3.52. The minimum Gasteiger partial charge on any atom is -0.497 e. The second-order valence-electron chi connectivity index (χ2n) is 6.19. The third-order valence-corrected chi connectivity index (χ3v) is 5.02. The molecule has 1 aromatic rings. The predicted octanol–water partition coefficient (Wildman–Crippen LogP) is 3.67. The smallest absolute Gasteiger partial charge is 0.119 e. The Kier molecular flexibility index (Phi) is 6.52. The molecule has 0 spiro atoms. The van der Waals surface area contributed by atoms with E-state index in [4.69, 9.17) is 4.74 Å². The lowest BCUT2D eigenvalue weighted by molar-refractivity contribution is 0.163. The number of hydrogen-bond donors (Lipinski definition) is 1. The van der Waals surface area contributed by atoms with Crippen LogP contribution in [-0.4, -0.2) is 37.7 Å². The molecule has 1 atom stereocenters. The van der Waals surface area contributed by atoms with E-state index in [1.807, 2.05) is 6.07 Å². The fraction of sp³-hybridized carbons (Fsp3) is 0.647. The summed E-state index contributed by atoms with van der Waals surface area (Å²) in [5.74, 6) is 1.70. The summed E-state index contributed by atoms with van der Waals surface area (Å²) >= 11 is 3.67. The Bertz CT molecular complexity index is 444. The van der Waals surface area contributed by atoms with Crippen LogP contribution in [0.15, 0.2) is 22.7 Å². The molecular weight excluding hydrogens is 328 g/mol. The van der Waals surface area contributed by atoms with Gasteiger partial charge < -0.3 is 10.1 Å². The molecule has 0 bridgehead atoms. The Balaban J connectivity index is 2.04. The van der Waals surface area contributed by atoms with Gasteiger partial charge in [0, 0.05) is 23.6 Å². The Morgan fingerprint density at radius 1 is 1.43 bits per heavy atom. The summed E-state index contributed by atoms with van der Waals surface area (Å²) in [4.78, 5) is 2.57. The SMILES string of the molecule is COc1ccc(Br)c(CN(CC2CCCNC2)C(C)C)c1. The van der Waals surface area contributed by atoms with E-state index in [1.165, 1.54) is 24.9 Å². The van der Waals surface area contributed by atoms with Crippen LogP contribution >= 0.6 is 15.9 Å². The van der Waals surface area contributed by atoms with Crippen LogP contribution < -0.4 is 10.1 Å². The van der Waals surface area contributed by atoms with Crippen molar-refractivity contribution in [1.82, 2.24) is 10.2 Å². The summed E-state index contributed by atoms with van der Waals surface area (Å²) in [5.41, 5.74) is 1.30. The molecule has 0 amide bonds. The highest BCUT2D eigenvalue weighted by molar-refractivity contribution is 9.10. The minimum absolute atomic E-state index is 0.546. The number of halogens is 1. The van der Waals surface area contributed by atoms with Crippen LogP contribution in [0, 0.1) is 5.92 Å². The van der Waals surface area contributed by atoms with Crippen LogP contribution in [0.25, 0.3) is 0 Å². The average molecular weight is 355 g/mol. The number of nitrogens with zero attached hydrogens (tertiary/aromatic N) is 1. The lowest BCUT2D eigenvalue weighted by atomic mass is 9.98. The predicted molar refractivity (Wildman–Crippen MR) is 91.8 cm³/mol. The van der Waals surface area contributed by atoms with Gasteiger partial charge in [-0.3, -0.25) is 4.90 Å². The first kappa shape index (κ1) is 16.8. The van der Waals surface area contributed by atoms with Crippen LogP contribution in [0.5, 0.6) is 5.75 Å². The molecule has 0 radical (unpaired) electrons. The quantitative estimate of drug-likeness (QED) is 0.843. The summed E-state index contributed by atoms with van der Waals surface area (Å²) in [7, 11) is 1.72. The van der Waals surface area contributed by atoms with Gasteiger partial charge in [-0.05, 0) is 69.5 Å². The van der Waals surface area contributed by atoms with Gasteiger partial charge >= 0.3 is 0 Å².